The van der Waals surface area contributed by atoms with Gasteiger partial charge in [-0.25, -0.2) is 4.79 Å². The molecule has 3 amide bonds. The molecule has 3 atom stereocenters. The molecule has 2 saturated heterocycles. The van der Waals surface area contributed by atoms with Crippen molar-refractivity contribution in [3.63, 3.8) is 0 Å². The largest absolute Gasteiger partial charge is 0.516 e. The van der Waals surface area contributed by atoms with Crippen LogP contribution in [0.3, 0.4) is 0 Å². The van der Waals surface area contributed by atoms with Gasteiger partial charge in [0.2, 0.25) is 5.91 Å². The normalized spacial score (nSPS) is 28.0. The summed E-state index contributed by atoms with van der Waals surface area (Å²) in [4.78, 5) is 22.9. The number of hydrogen-bond donors (Lipinski definition) is 4. The maximum Gasteiger partial charge on any atom is 0.315 e. The number of fused-ring (bicyclic) bond motifs is 1. The summed E-state index contributed by atoms with van der Waals surface area (Å²) >= 11 is 1.90. The van der Waals surface area contributed by atoms with Crippen LogP contribution in [-0.4, -0.2) is 46.7 Å². The highest BCUT2D eigenvalue weighted by molar-refractivity contribution is 8.00. The lowest BCUT2D eigenvalue weighted by atomic mass is 10.0. The number of aliphatic hydroxyl groups excluding tert-OH is 1. The number of carbonyl (C=O) groups is 2. The van der Waals surface area contributed by atoms with Gasteiger partial charge in [-0.2, -0.15) is 11.8 Å². The Bertz CT molecular complexity index is 428. The Kier molecular flexibility index (Phi) is 5.78. The van der Waals surface area contributed by atoms with Crippen molar-refractivity contribution in [1.82, 2.24) is 16.0 Å². The zero-order valence-corrected chi connectivity index (χ0v) is 13.0. The lowest BCUT2D eigenvalue weighted by Crippen LogP contribution is -2.36. The summed E-state index contributed by atoms with van der Waals surface area (Å²) in [6, 6.07) is 0.458. The van der Waals surface area contributed by atoms with E-state index in [2.05, 4.69) is 16.0 Å². The molecule has 2 unspecified atom stereocenters. The van der Waals surface area contributed by atoms with Gasteiger partial charge in [0.25, 0.3) is 0 Å². The van der Waals surface area contributed by atoms with Crippen molar-refractivity contribution in [2.75, 3.05) is 12.3 Å². The van der Waals surface area contributed by atoms with E-state index in [1.54, 1.807) is 6.92 Å². The standard InChI is InChI=1S/C14H23N3O3S/c1-9(7-18)6-15-12(19)5-3-2-4-11-13-10(8-21-11)16-14(20)17-13/h7,10-11,13,18H,2-6,8H2,1H3,(H,15,19)(H2,16,17,20)/b9-7+/t10?,11-,13?/m1/s1. The molecule has 0 aromatic rings. The Balaban J connectivity index is 1.58. The van der Waals surface area contributed by atoms with E-state index in [9.17, 15) is 9.59 Å². The number of carbonyl (C=O) groups excluding carboxylic acids is 2. The van der Waals surface area contributed by atoms with Crippen LogP contribution < -0.4 is 16.0 Å². The van der Waals surface area contributed by atoms with E-state index in [1.807, 2.05) is 11.8 Å². The van der Waals surface area contributed by atoms with Crippen LogP contribution >= 0.6 is 11.8 Å². The predicted molar refractivity (Wildman–Crippen MR) is 83.4 cm³/mol. The van der Waals surface area contributed by atoms with Gasteiger partial charge in [-0.15, -0.1) is 0 Å². The first kappa shape index (κ1) is 16.0. The average Bonchev–Trinajstić information content (AvgIpc) is 3.00. The Morgan fingerprint density at radius 1 is 1.48 bits per heavy atom. The van der Waals surface area contributed by atoms with Gasteiger partial charge in [-0.3, -0.25) is 4.79 Å². The first-order chi connectivity index (χ1) is 10.1. The van der Waals surface area contributed by atoms with E-state index < -0.39 is 0 Å². The molecule has 2 aliphatic rings. The summed E-state index contributed by atoms with van der Waals surface area (Å²) in [5, 5.41) is 17.8. The van der Waals surface area contributed by atoms with Gasteiger partial charge in [0, 0.05) is 24.0 Å². The number of amides is 3. The number of urea groups is 1. The summed E-state index contributed by atoms with van der Waals surface area (Å²) in [6.45, 7) is 2.16. The highest BCUT2D eigenvalue weighted by atomic mass is 32.2. The minimum Gasteiger partial charge on any atom is -0.516 e. The maximum atomic E-state index is 11.6. The molecule has 0 bridgehead atoms. The van der Waals surface area contributed by atoms with Crippen LogP contribution in [0.4, 0.5) is 4.79 Å². The van der Waals surface area contributed by atoms with E-state index in [0.29, 0.717) is 18.2 Å². The molecule has 0 aromatic carbocycles. The second-order valence-corrected chi connectivity index (χ2v) is 6.89. The highest BCUT2D eigenvalue weighted by Crippen LogP contribution is 2.33. The van der Waals surface area contributed by atoms with Crippen molar-refractivity contribution >= 4 is 23.7 Å². The Morgan fingerprint density at radius 2 is 2.29 bits per heavy atom. The second kappa shape index (κ2) is 7.59. The van der Waals surface area contributed by atoms with Crippen LogP contribution in [0.5, 0.6) is 0 Å². The van der Waals surface area contributed by atoms with Crippen molar-refractivity contribution in [2.45, 2.75) is 49.9 Å². The van der Waals surface area contributed by atoms with Gasteiger partial charge >= 0.3 is 6.03 Å². The van der Waals surface area contributed by atoms with Gasteiger partial charge in [0.15, 0.2) is 0 Å². The summed E-state index contributed by atoms with van der Waals surface area (Å²) in [6.07, 6.45) is 4.38. The number of unbranched alkanes of at least 4 members (excludes halogenated alkanes) is 1. The van der Waals surface area contributed by atoms with Gasteiger partial charge < -0.3 is 21.1 Å². The molecule has 118 valence electrons. The van der Waals surface area contributed by atoms with E-state index in [4.69, 9.17) is 5.11 Å². The first-order valence-corrected chi connectivity index (χ1v) is 8.40. The molecule has 2 aliphatic heterocycles. The third-order valence-electron chi connectivity index (χ3n) is 3.87. The molecule has 4 N–H and O–H groups in total. The lowest BCUT2D eigenvalue weighted by molar-refractivity contribution is -0.121. The number of nitrogens with one attached hydrogen (secondary N) is 3. The number of thioether (sulfide) groups is 1. The van der Waals surface area contributed by atoms with E-state index in [-0.39, 0.29) is 24.0 Å². The maximum absolute atomic E-state index is 11.6. The molecule has 7 heteroatoms. The Labute approximate surface area is 129 Å². The fourth-order valence-electron chi connectivity index (χ4n) is 2.65. The van der Waals surface area contributed by atoms with Gasteiger partial charge in [-0.1, -0.05) is 6.42 Å². The van der Waals surface area contributed by atoms with Crippen molar-refractivity contribution in [1.29, 1.82) is 0 Å². The van der Waals surface area contributed by atoms with Crippen LogP contribution in [-0.2, 0) is 4.79 Å². The lowest BCUT2D eigenvalue weighted by Gasteiger charge is -2.16. The molecule has 2 rings (SSSR count). The summed E-state index contributed by atoms with van der Waals surface area (Å²) < 4.78 is 0. The minimum atomic E-state index is -0.0537. The number of hydrogen-bond acceptors (Lipinski definition) is 4. The SMILES string of the molecule is C/C(=C\O)CNC(=O)CCCC[C@H]1SCC2NC(=O)NC21. The van der Waals surface area contributed by atoms with Crippen LogP contribution in [0.15, 0.2) is 11.8 Å². The average molecular weight is 313 g/mol. The first-order valence-electron chi connectivity index (χ1n) is 7.35. The number of aliphatic hydroxyl groups is 1. The minimum absolute atomic E-state index is 0.0176. The molecule has 0 aliphatic carbocycles. The van der Waals surface area contributed by atoms with E-state index in [1.165, 1.54) is 0 Å². The fraction of sp³-hybridized carbons (Fsp3) is 0.714. The molecular formula is C14H23N3O3S. The highest BCUT2D eigenvalue weighted by Gasteiger charge is 2.42. The van der Waals surface area contributed by atoms with Crippen LogP contribution in [0.1, 0.15) is 32.6 Å². The fourth-order valence-corrected chi connectivity index (χ4v) is 4.19. The molecule has 0 saturated carbocycles. The third-order valence-corrected chi connectivity index (χ3v) is 5.37. The van der Waals surface area contributed by atoms with Crippen molar-refractivity contribution < 1.29 is 14.7 Å². The molecule has 21 heavy (non-hydrogen) atoms. The smallest absolute Gasteiger partial charge is 0.315 e. The molecule has 0 radical (unpaired) electrons. The van der Waals surface area contributed by atoms with Crippen molar-refractivity contribution in [2.24, 2.45) is 0 Å². The third kappa shape index (κ3) is 4.56. The van der Waals surface area contributed by atoms with Crippen molar-refractivity contribution in [3.8, 4) is 0 Å². The molecule has 0 aromatic heterocycles. The van der Waals surface area contributed by atoms with Gasteiger partial charge in [0.05, 0.1) is 18.3 Å². The quantitative estimate of drug-likeness (QED) is 0.324. The molecule has 2 heterocycles. The summed E-state index contributed by atoms with van der Waals surface area (Å²) in [5.74, 6) is 0.991. The Morgan fingerprint density at radius 3 is 3.05 bits per heavy atom. The predicted octanol–water partition coefficient (Wildman–Crippen LogP) is 1.29. The van der Waals surface area contributed by atoms with E-state index >= 15 is 0 Å². The Hall–Kier alpha value is -1.37. The zero-order chi connectivity index (χ0) is 15.2. The van der Waals surface area contributed by atoms with Gasteiger partial charge in [0.1, 0.15) is 0 Å². The van der Waals surface area contributed by atoms with E-state index in [0.717, 1.165) is 36.9 Å². The van der Waals surface area contributed by atoms with Crippen molar-refractivity contribution in [3.05, 3.63) is 11.8 Å². The van der Waals surface area contributed by atoms with Crippen LogP contribution in [0, 0.1) is 0 Å². The zero-order valence-electron chi connectivity index (χ0n) is 12.2. The second-order valence-electron chi connectivity index (χ2n) is 5.62. The van der Waals surface area contributed by atoms with Crippen LogP contribution in [0.25, 0.3) is 0 Å². The van der Waals surface area contributed by atoms with Crippen LogP contribution in [0.2, 0.25) is 0 Å². The topological polar surface area (TPSA) is 90.5 Å². The monoisotopic (exact) mass is 313 g/mol. The molecule has 2 fully saturated rings. The molecule has 0 spiro atoms. The molecule has 6 nitrogen and oxygen atoms in total. The summed E-state index contributed by atoms with van der Waals surface area (Å²) in [7, 11) is 0. The number of rotatable bonds is 7. The molecular weight excluding hydrogens is 290 g/mol. The van der Waals surface area contributed by atoms with Gasteiger partial charge in [-0.05, 0) is 25.3 Å². The summed E-state index contributed by atoms with van der Waals surface area (Å²) in [5.41, 5.74) is 0.737.